The van der Waals surface area contributed by atoms with Gasteiger partial charge in [-0.1, -0.05) is 18.2 Å². The smallest absolute Gasteiger partial charge is 0.257 e. The Balaban J connectivity index is 1.91. The van der Waals surface area contributed by atoms with Crippen LogP contribution >= 0.6 is 0 Å². The minimum Gasteiger partial charge on any atom is -0.494 e. The van der Waals surface area contributed by atoms with Gasteiger partial charge in [0.25, 0.3) is 5.91 Å². The summed E-state index contributed by atoms with van der Waals surface area (Å²) in [6.45, 7) is 0.698. The number of H-pyrrole nitrogens is 1. The highest BCUT2D eigenvalue weighted by Gasteiger charge is 2.30. The lowest BCUT2D eigenvalue weighted by Gasteiger charge is -2.23. The summed E-state index contributed by atoms with van der Waals surface area (Å²) >= 11 is 0. The van der Waals surface area contributed by atoms with Crippen molar-refractivity contribution in [3.05, 3.63) is 60.0 Å². The van der Waals surface area contributed by atoms with E-state index < -0.39 is 0 Å². The highest BCUT2D eigenvalue weighted by Crippen LogP contribution is 2.40. The number of likely N-dealkylation sites (N-methyl/N-ethyl adjacent to an activating group) is 1. The number of anilines is 2. The van der Waals surface area contributed by atoms with Gasteiger partial charge in [0, 0.05) is 43.2 Å². The second-order valence-corrected chi connectivity index (χ2v) is 6.27. The maximum absolute atomic E-state index is 12.8. The van der Waals surface area contributed by atoms with Crippen molar-refractivity contribution in [3.8, 4) is 17.0 Å². The van der Waals surface area contributed by atoms with Crippen LogP contribution < -0.4 is 10.1 Å². The lowest BCUT2D eigenvalue weighted by Crippen LogP contribution is -2.34. The van der Waals surface area contributed by atoms with E-state index in [0.717, 1.165) is 34.7 Å². The minimum absolute atomic E-state index is 0.0141. The summed E-state index contributed by atoms with van der Waals surface area (Å²) in [5.74, 6) is 0.670. The minimum atomic E-state index is 0.0141. The zero-order valence-corrected chi connectivity index (χ0v) is 14.7. The third-order valence-corrected chi connectivity index (χ3v) is 4.65. The van der Waals surface area contributed by atoms with Gasteiger partial charge in [0.15, 0.2) is 0 Å². The molecule has 2 N–H and O–H groups in total. The van der Waals surface area contributed by atoms with Gasteiger partial charge in [0.2, 0.25) is 0 Å². The summed E-state index contributed by atoms with van der Waals surface area (Å²) < 4.78 is 5.48. The Bertz CT molecular complexity index is 950. The Morgan fingerprint density at radius 1 is 1.23 bits per heavy atom. The van der Waals surface area contributed by atoms with Crippen LogP contribution in [0.1, 0.15) is 16.1 Å². The van der Waals surface area contributed by atoms with Gasteiger partial charge in [-0.15, -0.1) is 0 Å². The molecule has 0 aliphatic carbocycles. The zero-order chi connectivity index (χ0) is 18.1. The highest BCUT2D eigenvalue weighted by molar-refractivity contribution is 6.06. The van der Waals surface area contributed by atoms with E-state index in [-0.39, 0.29) is 5.91 Å². The molecule has 4 rings (SSSR count). The first-order chi connectivity index (χ1) is 12.7. The Hall–Kier alpha value is -3.28. The number of nitrogens with zero attached hydrogens (tertiary/aromatic N) is 2. The highest BCUT2D eigenvalue weighted by atomic mass is 16.5. The molecule has 0 spiro atoms. The molecule has 3 aromatic rings. The van der Waals surface area contributed by atoms with Crippen LogP contribution in [0, 0.1) is 0 Å². The number of methoxy groups -OCH3 is 1. The fraction of sp³-hybridized carbons (Fsp3) is 0.200. The van der Waals surface area contributed by atoms with Gasteiger partial charge in [0.05, 0.1) is 30.3 Å². The topological polar surface area (TPSA) is 70.2 Å². The first-order valence-electron chi connectivity index (χ1n) is 8.49. The predicted octanol–water partition coefficient (Wildman–Crippen LogP) is 3.46. The molecule has 0 unspecified atom stereocenters. The molecule has 0 atom stereocenters. The van der Waals surface area contributed by atoms with Gasteiger partial charge >= 0.3 is 0 Å². The van der Waals surface area contributed by atoms with Gasteiger partial charge < -0.3 is 19.9 Å². The van der Waals surface area contributed by atoms with E-state index in [4.69, 9.17) is 4.74 Å². The number of ether oxygens (including phenoxy) is 1. The van der Waals surface area contributed by atoms with E-state index in [1.54, 1.807) is 24.4 Å². The summed E-state index contributed by atoms with van der Waals surface area (Å²) in [7, 11) is 3.45. The standard InChI is InChI=1S/C20H20N4O2/c1-24-11-9-15-17(20(24)25)19(22-13-6-4-3-5-7-13)18(23-15)14-8-10-21-12-16(14)26-2/h3-8,10,12,22-23H,9,11H2,1-2H3. The first-order valence-corrected chi connectivity index (χ1v) is 8.49. The molecule has 0 radical (unpaired) electrons. The van der Waals surface area contributed by atoms with Crippen LogP contribution in [0.2, 0.25) is 0 Å². The van der Waals surface area contributed by atoms with Gasteiger partial charge in [-0.25, -0.2) is 0 Å². The third-order valence-electron chi connectivity index (χ3n) is 4.65. The summed E-state index contributed by atoms with van der Waals surface area (Å²) in [4.78, 5) is 22.2. The van der Waals surface area contributed by atoms with E-state index in [9.17, 15) is 4.79 Å². The van der Waals surface area contributed by atoms with Crippen molar-refractivity contribution in [1.29, 1.82) is 0 Å². The molecule has 1 aromatic carbocycles. The number of para-hydroxylation sites is 1. The number of pyridine rings is 1. The van der Waals surface area contributed by atoms with E-state index in [1.807, 2.05) is 43.4 Å². The van der Waals surface area contributed by atoms with Crippen molar-refractivity contribution in [3.63, 3.8) is 0 Å². The molecule has 2 aromatic heterocycles. The fourth-order valence-electron chi connectivity index (χ4n) is 3.29. The number of nitrogens with one attached hydrogen (secondary N) is 2. The zero-order valence-electron chi connectivity index (χ0n) is 14.7. The molecule has 0 fully saturated rings. The number of hydrogen-bond donors (Lipinski definition) is 2. The van der Waals surface area contributed by atoms with Gasteiger partial charge in [0.1, 0.15) is 5.75 Å². The summed E-state index contributed by atoms with van der Waals surface area (Å²) in [5, 5.41) is 3.43. The largest absolute Gasteiger partial charge is 0.494 e. The molecule has 1 amide bonds. The average molecular weight is 348 g/mol. The fourth-order valence-corrected chi connectivity index (χ4v) is 3.29. The van der Waals surface area contributed by atoms with Crippen LogP contribution in [-0.2, 0) is 6.42 Å². The first kappa shape index (κ1) is 16.2. The van der Waals surface area contributed by atoms with Crippen molar-refractivity contribution in [2.24, 2.45) is 0 Å². The number of hydrogen-bond acceptors (Lipinski definition) is 4. The van der Waals surface area contributed by atoms with Crippen molar-refractivity contribution in [1.82, 2.24) is 14.9 Å². The number of carbonyl (C=O) groups excluding carboxylic acids is 1. The molecule has 1 aliphatic heterocycles. The quantitative estimate of drug-likeness (QED) is 0.757. The average Bonchev–Trinajstić information content (AvgIpc) is 3.04. The number of rotatable bonds is 4. The normalized spacial score (nSPS) is 13.5. The van der Waals surface area contributed by atoms with E-state index in [0.29, 0.717) is 17.9 Å². The van der Waals surface area contributed by atoms with Crippen molar-refractivity contribution < 1.29 is 9.53 Å². The number of aromatic amines is 1. The molecular weight excluding hydrogens is 328 g/mol. The molecule has 0 bridgehead atoms. The van der Waals surface area contributed by atoms with Crippen molar-refractivity contribution in [2.75, 3.05) is 26.0 Å². The molecule has 1 aliphatic rings. The summed E-state index contributed by atoms with van der Waals surface area (Å²) in [5.41, 5.74) is 5.03. The third kappa shape index (κ3) is 2.69. The lowest BCUT2D eigenvalue weighted by atomic mass is 10.0. The molecule has 6 heteroatoms. The van der Waals surface area contributed by atoms with Crippen LogP contribution in [0.25, 0.3) is 11.3 Å². The monoisotopic (exact) mass is 348 g/mol. The molecule has 0 saturated heterocycles. The maximum Gasteiger partial charge on any atom is 0.257 e. The number of aromatic nitrogens is 2. The number of amides is 1. The Labute approximate surface area is 151 Å². The summed E-state index contributed by atoms with van der Waals surface area (Å²) in [6, 6.07) is 11.7. The Kier molecular flexibility index (Phi) is 4.08. The van der Waals surface area contributed by atoms with E-state index >= 15 is 0 Å². The molecule has 0 saturated carbocycles. The lowest BCUT2D eigenvalue weighted by molar-refractivity contribution is 0.0781. The number of benzene rings is 1. The van der Waals surface area contributed by atoms with Crippen molar-refractivity contribution in [2.45, 2.75) is 6.42 Å². The Morgan fingerprint density at radius 3 is 2.81 bits per heavy atom. The van der Waals surface area contributed by atoms with Crippen LogP contribution in [0.5, 0.6) is 5.75 Å². The van der Waals surface area contributed by atoms with Crippen molar-refractivity contribution >= 4 is 17.3 Å². The maximum atomic E-state index is 12.8. The molecular formula is C20H20N4O2. The second-order valence-electron chi connectivity index (χ2n) is 6.27. The van der Waals surface area contributed by atoms with Crippen LogP contribution in [-0.4, -0.2) is 41.5 Å². The number of fused-ring (bicyclic) bond motifs is 1. The molecule has 6 nitrogen and oxygen atoms in total. The molecule has 132 valence electrons. The Morgan fingerprint density at radius 2 is 2.04 bits per heavy atom. The predicted molar refractivity (Wildman–Crippen MR) is 101 cm³/mol. The molecule has 3 heterocycles. The van der Waals surface area contributed by atoms with Crippen LogP contribution in [0.15, 0.2) is 48.8 Å². The number of carbonyl (C=O) groups is 1. The molecule has 26 heavy (non-hydrogen) atoms. The van der Waals surface area contributed by atoms with Gasteiger partial charge in [-0.3, -0.25) is 9.78 Å². The van der Waals surface area contributed by atoms with Crippen LogP contribution in [0.3, 0.4) is 0 Å². The van der Waals surface area contributed by atoms with Gasteiger partial charge in [-0.2, -0.15) is 0 Å². The van der Waals surface area contributed by atoms with Gasteiger partial charge in [-0.05, 0) is 18.2 Å². The SMILES string of the molecule is COc1cnccc1-c1[nH]c2c(c1Nc1ccccc1)C(=O)N(C)CC2. The van der Waals surface area contributed by atoms with E-state index in [2.05, 4.69) is 15.3 Å². The van der Waals surface area contributed by atoms with E-state index in [1.165, 1.54) is 0 Å². The van der Waals surface area contributed by atoms with Crippen LogP contribution in [0.4, 0.5) is 11.4 Å². The second kappa shape index (κ2) is 6.55. The summed E-state index contributed by atoms with van der Waals surface area (Å²) in [6.07, 6.45) is 4.18.